The van der Waals surface area contributed by atoms with Crippen LogP contribution in [0, 0.1) is 11.8 Å². The van der Waals surface area contributed by atoms with Crippen molar-refractivity contribution in [2.24, 2.45) is 11.8 Å². The average molecular weight is 321 g/mol. The summed E-state index contributed by atoms with van der Waals surface area (Å²) in [5.74, 6) is 2.31. The molecule has 0 spiro atoms. The highest BCUT2D eigenvalue weighted by molar-refractivity contribution is 6.17. The van der Waals surface area contributed by atoms with Gasteiger partial charge < -0.3 is 0 Å². The van der Waals surface area contributed by atoms with Gasteiger partial charge in [0.1, 0.15) is 5.78 Å². The summed E-state index contributed by atoms with van der Waals surface area (Å²) in [5, 5.41) is 0. The first kappa shape index (κ1) is 17.5. The molecule has 0 atom stereocenters. The molecular weight excluding hydrogens is 292 g/mol. The molecule has 1 aromatic carbocycles. The monoisotopic (exact) mass is 320 g/mol. The van der Waals surface area contributed by atoms with Crippen molar-refractivity contribution < 1.29 is 4.79 Å². The van der Waals surface area contributed by atoms with Crippen molar-refractivity contribution in [2.75, 3.05) is 5.88 Å². The lowest BCUT2D eigenvalue weighted by atomic mass is 9.77. The molecule has 0 bridgehead atoms. The average Bonchev–Trinajstić information content (AvgIpc) is 2.55. The summed E-state index contributed by atoms with van der Waals surface area (Å²) in [4.78, 5) is 12.5. The van der Waals surface area contributed by atoms with Gasteiger partial charge in [-0.3, -0.25) is 4.79 Å². The summed E-state index contributed by atoms with van der Waals surface area (Å²) >= 11 is 5.77. The molecular formula is C20H29ClO. The zero-order chi connectivity index (χ0) is 15.8. The van der Waals surface area contributed by atoms with Gasteiger partial charge in [-0.15, -0.1) is 11.6 Å². The highest BCUT2D eigenvalue weighted by atomic mass is 35.5. The Labute approximate surface area is 140 Å². The van der Waals surface area contributed by atoms with Gasteiger partial charge in [0.15, 0.2) is 0 Å². The Kier molecular flexibility index (Phi) is 7.45. The molecule has 22 heavy (non-hydrogen) atoms. The Bertz CT molecular complexity index is 443. The van der Waals surface area contributed by atoms with E-state index in [-0.39, 0.29) is 0 Å². The third-order valence-corrected chi connectivity index (χ3v) is 5.26. The number of carbonyl (C=O) groups is 1. The van der Waals surface area contributed by atoms with Crippen LogP contribution in [0.5, 0.6) is 0 Å². The molecule has 0 aromatic heterocycles. The third kappa shape index (κ3) is 5.43. The molecule has 122 valence electrons. The molecule has 0 N–H and O–H groups in total. The molecule has 0 saturated heterocycles. The maximum absolute atomic E-state index is 12.5. The van der Waals surface area contributed by atoms with E-state index in [1.165, 1.54) is 36.8 Å². The van der Waals surface area contributed by atoms with Crippen molar-refractivity contribution in [3.8, 4) is 0 Å². The summed E-state index contributed by atoms with van der Waals surface area (Å²) in [6.07, 6.45) is 9.86. The van der Waals surface area contributed by atoms with Crippen LogP contribution in [0.2, 0.25) is 0 Å². The van der Waals surface area contributed by atoms with Gasteiger partial charge >= 0.3 is 0 Å². The quantitative estimate of drug-likeness (QED) is 0.572. The molecule has 2 heteroatoms. The SMILES string of the molecule is CCCc1ccc(CC(=O)C2CCC(CCCCl)CC2)cc1. The van der Waals surface area contributed by atoms with Crippen LogP contribution in [-0.2, 0) is 17.6 Å². The molecule has 0 unspecified atom stereocenters. The molecule has 1 nitrogen and oxygen atoms in total. The Morgan fingerprint density at radius 3 is 2.32 bits per heavy atom. The molecule has 1 aliphatic carbocycles. The topological polar surface area (TPSA) is 17.1 Å². The Hall–Kier alpha value is -0.820. The molecule has 1 saturated carbocycles. The Morgan fingerprint density at radius 2 is 1.73 bits per heavy atom. The second-order valence-electron chi connectivity index (χ2n) is 6.76. The second-order valence-corrected chi connectivity index (χ2v) is 7.14. The van der Waals surface area contributed by atoms with Crippen LogP contribution < -0.4 is 0 Å². The number of aryl methyl sites for hydroxylation is 1. The van der Waals surface area contributed by atoms with Crippen LogP contribution in [0.1, 0.15) is 63.0 Å². The molecule has 1 fully saturated rings. The van der Waals surface area contributed by atoms with E-state index in [4.69, 9.17) is 11.6 Å². The van der Waals surface area contributed by atoms with E-state index >= 15 is 0 Å². The van der Waals surface area contributed by atoms with Crippen molar-refractivity contribution in [1.29, 1.82) is 0 Å². The number of hydrogen-bond acceptors (Lipinski definition) is 1. The number of rotatable bonds is 8. The van der Waals surface area contributed by atoms with Crippen LogP contribution in [0.15, 0.2) is 24.3 Å². The first-order chi connectivity index (χ1) is 10.7. The lowest BCUT2D eigenvalue weighted by molar-refractivity contribution is -0.123. The van der Waals surface area contributed by atoms with Gasteiger partial charge in [-0.2, -0.15) is 0 Å². The van der Waals surface area contributed by atoms with Crippen molar-refractivity contribution in [1.82, 2.24) is 0 Å². The van der Waals surface area contributed by atoms with Gasteiger partial charge in [-0.25, -0.2) is 0 Å². The van der Waals surface area contributed by atoms with E-state index in [0.29, 0.717) is 18.1 Å². The largest absolute Gasteiger partial charge is 0.299 e. The molecule has 0 amide bonds. The van der Waals surface area contributed by atoms with Gasteiger partial charge in [-0.1, -0.05) is 37.6 Å². The molecule has 2 rings (SSSR count). The van der Waals surface area contributed by atoms with E-state index in [0.717, 1.165) is 37.5 Å². The predicted molar refractivity (Wildman–Crippen MR) is 94.6 cm³/mol. The fourth-order valence-corrected chi connectivity index (χ4v) is 3.75. The minimum absolute atomic E-state index is 0.294. The highest BCUT2D eigenvalue weighted by Gasteiger charge is 2.25. The van der Waals surface area contributed by atoms with Crippen molar-refractivity contribution in [2.45, 2.75) is 64.7 Å². The molecule has 1 aliphatic rings. The fraction of sp³-hybridized carbons (Fsp3) is 0.650. The second kappa shape index (κ2) is 9.35. The van der Waals surface area contributed by atoms with Crippen molar-refractivity contribution in [3.05, 3.63) is 35.4 Å². The van der Waals surface area contributed by atoms with Gasteiger partial charge in [0, 0.05) is 18.2 Å². The number of halogens is 1. The van der Waals surface area contributed by atoms with E-state index in [1.807, 2.05) is 0 Å². The van der Waals surface area contributed by atoms with E-state index in [2.05, 4.69) is 31.2 Å². The summed E-state index contributed by atoms with van der Waals surface area (Å²) in [5.41, 5.74) is 2.55. The molecule has 1 aromatic rings. The number of ketones is 1. The van der Waals surface area contributed by atoms with E-state index < -0.39 is 0 Å². The van der Waals surface area contributed by atoms with Crippen molar-refractivity contribution >= 4 is 17.4 Å². The number of benzene rings is 1. The third-order valence-electron chi connectivity index (χ3n) is 4.99. The standard InChI is InChI=1S/C20H29ClO/c1-2-4-16-6-8-18(9-7-16)15-20(22)19-12-10-17(11-13-19)5-3-14-21/h6-9,17,19H,2-5,10-15H2,1H3. The fourth-order valence-electron chi connectivity index (χ4n) is 3.60. The number of alkyl halides is 1. The minimum Gasteiger partial charge on any atom is -0.299 e. The zero-order valence-corrected chi connectivity index (χ0v) is 14.6. The van der Waals surface area contributed by atoms with Gasteiger partial charge in [0.2, 0.25) is 0 Å². The maximum Gasteiger partial charge on any atom is 0.140 e. The summed E-state index contributed by atoms with van der Waals surface area (Å²) in [7, 11) is 0. The Morgan fingerprint density at radius 1 is 1.09 bits per heavy atom. The summed E-state index contributed by atoms with van der Waals surface area (Å²) in [6.45, 7) is 2.20. The Balaban J connectivity index is 1.78. The minimum atomic E-state index is 0.294. The smallest absolute Gasteiger partial charge is 0.140 e. The lowest BCUT2D eigenvalue weighted by Crippen LogP contribution is -2.23. The zero-order valence-electron chi connectivity index (χ0n) is 13.8. The first-order valence-corrected chi connectivity index (χ1v) is 9.42. The summed E-state index contributed by atoms with van der Waals surface area (Å²) in [6, 6.07) is 8.62. The van der Waals surface area contributed by atoms with Crippen LogP contribution in [-0.4, -0.2) is 11.7 Å². The van der Waals surface area contributed by atoms with Crippen LogP contribution >= 0.6 is 11.6 Å². The van der Waals surface area contributed by atoms with Crippen LogP contribution in [0.3, 0.4) is 0 Å². The number of hydrogen-bond donors (Lipinski definition) is 0. The van der Waals surface area contributed by atoms with Gasteiger partial charge in [0.05, 0.1) is 0 Å². The molecule has 0 radical (unpaired) electrons. The number of carbonyl (C=O) groups excluding carboxylic acids is 1. The van der Waals surface area contributed by atoms with Gasteiger partial charge in [-0.05, 0) is 62.0 Å². The van der Waals surface area contributed by atoms with E-state index in [9.17, 15) is 4.79 Å². The van der Waals surface area contributed by atoms with Crippen LogP contribution in [0.25, 0.3) is 0 Å². The lowest BCUT2D eigenvalue weighted by Gasteiger charge is -2.27. The summed E-state index contributed by atoms with van der Waals surface area (Å²) < 4.78 is 0. The van der Waals surface area contributed by atoms with E-state index in [1.54, 1.807) is 0 Å². The normalized spacial score (nSPS) is 21.7. The maximum atomic E-state index is 12.5. The highest BCUT2D eigenvalue weighted by Crippen LogP contribution is 2.32. The van der Waals surface area contributed by atoms with Crippen LogP contribution in [0.4, 0.5) is 0 Å². The molecule has 0 heterocycles. The molecule has 0 aliphatic heterocycles. The van der Waals surface area contributed by atoms with Crippen molar-refractivity contribution in [3.63, 3.8) is 0 Å². The predicted octanol–water partition coefficient (Wildman–Crippen LogP) is 5.58. The van der Waals surface area contributed by atoms with Gasteiger partial charge in [0.25, 0.3) is 0 Å². The first-order valence-electron chi connectivity index (χ1n) is 8.89. The number of Topliss-reactive ketones (excluding diaryl/α,β-unsaturated/α-hetero) is 1.